The molecule has 2 aliphatic heterocycles. The third kappa shape index (κ3) is 4.68. The van der Waals surface area contributed by atoms with Crippen molar-refractivity contribution < 1.29 is 23.1 Å². The van der Waals surface area contributed by atoms with Crippen molar-refractivity contribution in [2.45, 2.75) is 12.5 Å². The SMILES string of the molecule is O=C1c2oc3ccc(F)cc3c(=O)c2C(c2cccc(Oc3ccccc3)c2)N1CCCN1CCOCC1. The second kappa shape index (κ2) is 10.4. The van der Waals surface area contributed by atoms with E-state index in [0.29, 0.717) is 31.3 Å². The summed E-state index contributed by atoms with van der Waals surface area (Å²) in [4.78, 5) is 31.3. The molecule has 194 valence electrons. The molecule has 1 saturated heterocycles. The van der Waals surface area contributed by atoms with Gasteiger partial charge in [-0.2, -0.15) is 0 Å². The van der Waals surface area contributed by atoms with Crippen LogP contribution in [-0.2, 0) is 4.74 Å². The normalized spacial score (nSPS) is 17.7. The fraction of sp³-hybridized carbons (Fsp3) is 0.267. The summed E-state index contributed by atoms with van der Waals surface area (Å²) >= 11 is 0. The second-order valence-corrected chi connectivity index (χ2v) is 9.51. The predicted molar refractivity (Wildman–Crippen MR) is 140 cm³/mol. The van der Waals surface area contributed by atoms with Gasteiger partial charge in [-0.05, 0) is 54.4 Å². The molecule has 2 aliphatic rings. The molecule has 0 bridgehead atoms. The molecule has 3 aromatic carbocycles. The first kappa shape index (κ1) is 24.3. The lowest BCUT2D eigenvalue weighted by molar-refractivity contribution is 0.0353. The monoisotopic (exact) mass is 514 g/mol. The Morgan fingerprint density at radius 3 is 2.50 bits per heavy atom. The number of halogens is 1. The lowest BCUT2D eigenvalue weighted by Crippen LogP contribution is -2.38. The zero-order valence-corrected chi connectivity index (χ0v) is 20.8. The topological polar surface area (TPSA) is 72.2 Å². The first-order chi connectivity index (χ1) is 18.6. The average Bonchev–Trinajstić information content (AvgIpc) is 3.22. The molecule has 4 aromatic rings. The van der Waals surface area contributed by atoms with E-state index in [1.165, 1.54) is 18.2 Å². The lowest BCUT2D eigenvalue weighted by Gasteiger charge is -2.29. The van der Waals surface area contributed by atoms with Gasteiger partial charge in [-0.3, -0.25) is 14.5 Å². The molecule has 0 aliphatic carbocycles. The van der Waals surface area contributed by atoms with E-state index < -0.39 is 17.3 Å². The summed E-state index contributed by atoms with van der Waals surface area (Å²) in [5, 5.41) is 0.119. The van der Waals surface area contributed by atoms with Crippen LogP contribution in [0.15, 0.2) is 82.0 Å². The van der Waals surface area contributed by atoms with Crippen molar-refractivity contribution in [2.75, 3.05) is 39.4 Å². The Bertz CT molecular complexity index is 1530. The molecule has 7 nitrogen and oxygen atoms in total. The van der Waals surface area contributed by atoms with Crippen LogP contribution in [0.25, 0.3) is 11.0 Å². The van der Waals surface area contributed by atoms with E-state index in [2.05, 4.69) is 4.90 Å². The highest BCUT2D eigenvalue weighted by Gasteiger charge is 2.42. The molecule has 1 fully saturated rings. The van der Waals surface area contributed by atoms with Gasteiger partial charge in [0.25, 0.3) is 5.91 Å². The number of amides is 1. The second-order valence-electron chi connectivity index (χ2n) is 9.51. The minimum Gasteiger partial charge on any atom is -0.457 e. The molecule has 8 heteroatoms. The fourth-order valence-corrected chi connectivity index (χ4v) is 5.23. The Morgan fingerprint density at radius 2 is 1.68 bits per heavy atom. The van der Waals surface area contributed by atoms with Crippen molar-refractivity contribution in [2.24, 2.45) is 0 Å². The predicted octanol–water partition coefficient (Wildman–Crippen LogP) is 4.99. The third-order valence-corrected chi connectivity index (χ3v) is 7.06. The summed E-state index contributed by atoms with van der Waals surface area (Å²) in [5.41, 5.74) is 0.749. The third-order valence-electron chi connectivity index (χ3n) is 7.06. The maximum atomic E-state index is 14.1. The molecule has 1 atom stereocenters. The van der Waals surface area contributed by atoms with Crippen molar-refractivity contribution in [1.29, 1.82) is 0 Å². The van der Waals surface area contributed by atoms with Crippen LogP contribution >= 0.6 is 0 Å². The number of ether oxygens (including phenoxy) is 2. The van der Waals surface area contributed by atoms with Crippen LogP contribution in [0.4, 0.5) is 4.39 Å². The van der Waals surface area contributed by atoms with Gasteiger partial charge < -0.3 is 18.8 Å². The van der Waals surface area contributed by atoms with E-state index in [-0.39, 0.29) is 28.2 Å². The van der Waals surface area contributed by atoms with Crippen LogP contribution in [0, 0.1) is 5.82 Å². The summed E-state index contributed by atoms with van der Waals surface area (Å²) in [7, 11) is 0. The smallest absolute Gasteiger partial charge is 0.290 e. The van der Waals surface area contributed by atoms with E-state index in [4.69, 9.17) is 13.9 Å². The average molecular weight is 515 g/mol. The Balaban J connectivity index is 1.38. The molecule has 0 radical (unpaired) electrons. The summed E-state index contributed by atoms with van der Waals surface area (Å²) in [5.74, 6) is 0.394. The van der Waals surface area contributed by atoms with Crippen LogP contribution < -0.4 is 10.2 Å². The van der Waals surface area contributed by atoms with Crippen molar-refractivity contribution in [3.05, 3.63) is 106 Å². The van der Waals surface area contributed by atoms with Gasteiger partial charge in [0.05, 0.1) is 30.2 Å². The summed E-state index contributed by atoms with van der Waals surface area (Å²) in [6.07, 6.45) is 0.721. The summed E-state index contributed by atoms with van der Waals surface area (Å²) < 4.78 is 31.5. The first-order valence-electron chi connectivity index (χ1n) is 12.8. The number of hydrogen-bond acceptors (Lipinski definition) is 6. The maximum absolute atomic E-state index is 14.1. The zero-order valence-electron chi connectivity index (χ0n) is 20.8. The van der Waals surface area contributed by atoms with Crippen LogP contribution in [0.5, 0.6) is 11.5 Å². The largest absolute Gasteiger partial charge is 0.457 e. The molecule has 6 rings (SSSR count). The first-order valence-corrected chi connectivity index (χ1v) is 12.8. The Hall–Kier alpha value is -4.01. The van der Waals surface area contributed by atoms with Crippen molar-refractivity contribution >= 4 is 16.9 Å². The number of benzene rings is 3. The highest BCUT2D eigenvalue weighted by atomic mass is 19.1. The van der Waals surface area contributed by atoms with Gasteiger partial charge in [0.15, 0.2) is 5.43 Å². The number of carbonyl (C=O) groups is 1. The van der Waals surface area contributed by atoms with Gasteiger partial charge in [0.2, 0.25) is 5.76 Å². The number of morpholine rings is 1. The van der Waals surface area contributed by atoms with Crippen LogP contribution in [-0.4, -0.2) is 55.1 Å². The minimum atomic E-state index is -0.676. The number of nitrogens with zero attached hydrogens (tertiary/aromatic N) is 2. The number of hydrogen-bond donors (Lipinski definition) is 0. The van der Waals surface area contributed by atoms with E-state index in [9.17, 15) is 14.0 Å². The Kier molecular flexibility index (Phi) is 6.66. The summed E-state index contributed by atoms with van der Waals surface area (Å²) in [6, 6.07) is 19.9. The highest BCUT2D eigenvalue weighted by molar-refractivity contribution is 5.99. The van der Waals surface area contributed by atoms with E-state index in [1.807, 2.05) is 54.6 Å². The Labute approximate surface area is 219 Å². The molecule has 0 N–H and O–H groups in total. The molecule has 1 amide bonds. The molecular weight excluding hydrogens is 487 g/mol. The number of fused-ring (bicyclic) bond motifs is 2. The van der Waals surface area contributed by atoms with Gasteiger partial charge >= 0.3 is 0 Å². The maximum Gasteiger partial charge on any atom is 0.290 e. The highest BCUT2D eigenvalue weighted by Crippen LogP contribution is 2.39. The van der Waals surface area contributed by atoms with Gasteiger partial charge in [0, 0.05) is 26.2 Å². The van der Waals surface area contributed by atoms with Crippen LogP contribution in [0.1, 0.15) is 34.1 Å². The molecule has 38 heavy (non-hydrogen) atoms. The number of carbonyl (C=O) groups excluding carboxylic acids is 1. The van der Waals surface area contributed by atoms with Crippen LogP contribution in [0.2, 0.25) is 0 Å². The van der Waals surface area contributed by atoms with Crippen molar-refractivity contribution in [3.63, 3.8) is 0 Å². The Morgan fingerprint density at radius 1 is 0.895 bits per heavy atom. The quantitative estimate of drug-likeness (QED) is 0.346. The summed E-state index contributed by atoms with van der Waals surface area (Å²) in [6.45, 7) is 4.35. The van der Waals surface area contributed by atoms with Crippen molar-refractivity contribution in [1.82, 2.24) is 9.80 Å². The molecule has 3 heterocycles. The van der Waals surface area contributed by atoms with Crippen molar-refractivity contribution in [3.8, 4) is 11.5 Å². The molecular formula is C30H27FN2O5. The number of para-hydroxylation sites is 1. The van der Waals surface area contributed by atoms with Crippen LogP contribution in [0.3, 0.4) is 0 Å². The molecule has 0 saturated carbocycles. The zero-order chi connectivity index (χ0) is 26.1. The standard InChI is InChI=1S/C30H27FN2O5/c31-21-10-11-25-24(19-21)28(34)26-27(20-6-4-9-23(18-20)37-22-7-2-1-3-8-22)33(30(35)29(26)38-25)13-5-12-32-14-16-36-17-15-32/h1-4,6-11,18-19,27H,5,12-17H2. The number of rotatable bonds is 7. The molecule has 1 aromatic heterocycles. The van der Waals surface area contributed by atoms with E-state index >= 15 is 0 Å². The molecule has 0 spiro atoms. The fourth-order valence-electron chi connectivity index (χ4n) is 5.23. The molecule has 1 unspecified atom stereocenters. The lowest BCUT2D eigenvalue weighted by atomic mass is 9.98. The minimum absolute atomic E-state index is 0.0138. The van der Waals surface area contributed by atoms with E-state index in [1.54, 1.807) is 4.90 Å². The van der Waals surface area contributed by atoms with Gasteiger partial charge in [-0.25, -0.2) is 4.39 Å². The van der Waals surface area contributed by atoms with Gasteiger partial charge in [-0.1, -0.05) is 30.3 Å². The van der Waals surface area contributed by atoms with Gasteiger partial charge in [-0.15, -0.1) is 0 Å². The van der Waals surface area contributed by atoms with Gasteiger partial charge in [0.1, 0.15) is 22.9 Å². The van der Waals surface area contributed by atoms with E-state index in [0.717, 1.165) is 31.6 Å².